The molecule has 0 unspecified atom stereocenters. The van der Waals surface area contributed by atoms with Crippen LogP contribution in [0.5, 0.6) is 0 Å². The van der Waals surface area contributed by atoms with Crippen LogP contribution in [0.4, 0.5) is 5.69 Å². The number of aromatic carboxylic acids is 1. The van der Waals surface area contributed by atoms with Crippen molar-refractivity contribution in [2.75, 3.05) is 18.0 Å². The molecular weight excluding hydrogens is 344 g/mol. The predicted octanol–water partition coefficient (Wildman–Crippen LogP) is 2.25. The van der Waals surface area contributed by atoms with E-state index < -0.39 is 5.97 Å². The summed E-state index contributed by atoms with van der Waals surface area (Å²) < 4.78 is 0. The Labute approximate surface area is 157 Å². The van der Waals surface area contributed by atoms with E-state index in [-0.39, 0.29) is 23.9 Å². The highest BCUT2D eigenvalue weighted by Gasteiger charge is 2.29. The van der Waals surface area contributed by atoms with Crippen molar-refractivity contribution in [3.63, 3.8) is 0 Å². The normalized spacial score (nSPS) is 15.9. The maximum Gasteiger partial charge on any atom is 0.335 e. The number of hydrogen-bond acceptors (Lipinski definition) is 3. The minimum Gasteiger partial charge on any atom is -0.478 e. The third-order valence-electron chi connectivity index (χ3n) is 5.30. The second-order valence-corrected chi connectivity index (χ2v) is 6.96. The molecule has 0 bridgehead atoms. The van der Waals surface area contributed by atoms with Gasteiger partial charge in [0.25, 0.3) is 0 Å². The molecule has 2 aliphatic rings. The van der Waals surface area contributed by atoms with Crippen molar-refractivity contribution >= 4 is 23.5 Å². The van der Waals surface area contributed by atoms with Gasteiger partial charge in [-0.3, -0.25) is 9.59 Å². The minimum absolute atomic E-state index is 0.0177. The van der Waals surface area contributed by atoms with Gasteiger partial charge in [-0.25, -0.2) is 4.79 Å². The van der Waals surface area contributed by atoms with Crippen LogP contribution in [-0.4, -0.2) is 40.9 Å². The highest BCUT2D eigenvalue weighted by molar-refractivity contribution is 6.01. The molecule has 0 spiro atoms. The van der Waals surface area contributed by atoms with Crippen molar-refractivity contribution in [3.8, 4) is 0 Å². The van der Waals surface area contributed by atoms with Gasteiger partial charge >= 0.3 is 5.97 Å². The molecule has 138 valence electrons. The minimum atomic E-state index is -0.975. The Morgan fingerprint density at radius 3 is 2.59 bits per heavy atom. The lowest BCUT2D eigenvalue weighted by atomic mass is 9.97. The third kappa shape index (κ3) is 3.30. The van der Waals surface area contributed by atoms with E-state index >= 15 is 0 Å². The number of nitrogens with zero attached hydrogens (tertiary/aromatic N) is 2. The molecule has 1 N–H and O–H groups in total. The largest absolute Gasteiger partial charge is 0.478 e. The van der Waals surface area contributed by atoms with Gasteiger partial charge in [-0.15, -0.1) is 0 Å². The van der Waals surface area contributed by atoms with E-state index in [2.05, 4.69) is 0 Å². The predicted molar refractivity (Wildman–Crippen MR) is 99.6 cm³/mol. The maximum atomic E-state index is 12.9. The van der Waals surface area contributed by atoms with Crippen LogP contribution in [0.1, 0.15) is 33.5 Å². The van der Waals surface area contributed by atoms with Crippen LogP contribution in [0.15, 0.2) is 42.5 Å². The number of carboxylic acid groups (broad SMARTS) is 1. The van der Waals surface area contributed by atoms with E-state index in [1.54, 1.807) is 21.9 Å². The molecule has 0 radical (unpaired) electrons. The molecule has 4 rings (SSSR count). The van der Waals surface area contributed by atoms with Crippen LogP contribution in [-0.2, 0) is 29.0 Å². The van der Waals surface area contributed by atoms with Gasteiger partial charge in [0, 0.05) is 25.2 Å². The number of hydrogen-bond donors (Lipinski definition) is 1. The lowest BCUT2D eigenvalue weighted by Crippen LogP contribution is -2.46. The Kier molecular flexibility index (Phi) is 4.39. The molecule has 6 nitrogen and oxygen atoms in total. The zero-order valence-corrected chi connectivity index (χ0v) is 14.9. The molecule has 2 amide bonds. The average Bonchev–Trinajstić information content (AvgIpc) is 2.69. The number of carbonyl (C=O) groups excluding carboxylic acids is 2. The number of para-hydroxylation sites is 1. The van der Waals surface area contributed by atoms with Gasteiger partial charge in [0.05, 0.1) is 5.56 Å². The smallest absolute Gasteiger partial charge is 0.335 e. The van der Waals surface area contributed by atoms with E-state index in [9.17, 15) is 19.5 Å². The SMILES string of the molecule is O=C(O)c1ccc2c(c1)CN(C(=O)CN1C(=O)CCc3ccccc31)CC2. The monoisotopic (exact) mass is 364 g/mol. The zero-order chi connectivity index (χ0) is 19.0. The lowest BCUT2D eigenvalue weighted by molar-refractivity contribution is -0.132. The number of carboxylic acids is 1. The molecule has 2 aromatic rings. The van der Waals surface area contributed by atoms with Crippen molar-refractivity contribution in [2.24, 2.45) is 0 Å². The summed E-state index contributed by atoms with van der Waals surface area (Å²) in [5, 5.41) is 9.18. The van der Waals surface area contributed by atoms with Gasteiger partial charge in [0.15, 0.2) is 0 Å². The Balaban J connectivity index is 1.52. The molecule has 6 heteroatoms. The highest BCUT2D eigenvalue weighted by atomic mass is 16.4. The second kappa shape index (κ2) is 6.87. The summed E-state index contributed by atoms with van der Waals surface area (Å²) in [4.78, 5) is 39.7. The van der Waals surface area contributed by atoms with Crippen molar-refractivity contribution < 1.29 is 19.5 Å². The molecule has 0 aromatic heterocycles. The molecule has 0 saturated heterocycles. The van der Waals surface area contributed by atoms with Gasteiger partial charge in [-0.05, 0) is 47.7 Å². The van der Waals surface area contributed by atoms with Crippen molar-refractivity contribution in [1.82, 2.24) is 4.90 Å². The number of amides is 2. The Morgan fingerprint density at radius 1 is 0.963 bits per heavy atom. The van der Waals surface area contributed by atoms with Gasteiger partial charge in [0.2, 0.25) is 11.8 Å². The van der Waals surface area contributed by atoms with Crippen LogP contribution in [0.25, 0.3) is 0 Å². The molecule has 0 saturated carbocycles. The first-order valence-corrected chi connectivity index (χ1v) is 9.04. The number of aryl methyl sites for hydroxylation is 1. The first-order chi connectivity index (χ1) is 13.0. The van der Waals surface area contributed by atoms with Crippen LogP contribution < -0.4 is 4.90 Å². The van der Waals surface area contributed by atoms with Crippen LogP contribution in [0.2, 0.25) is 0 Å². The second-order valence-electron chi connectivity index (χ2n) is 6.96. The molecule has 27 heavy (non-hydrogen) atoms. The van der Waals surface area contributed by atoms with Gasteiger partial charge in [-0.2, -0.15) is 0 Å². The summed E-state index contributed by atoms with van der Waals surface area (Å²) in [5.74, 6) is -1.13. The lowest BCUT2D eigenvalue weighted by Gasteiger charge is -2.33. The number of benzene rings is 2. The molecule has 2 aromatic carbocycles. The van der Waals surface area contributed by atoms with Crippen molar-refractivity contribution in [3.05, 3.63) is 64.7 Å². The highest BCUT2D eigenvalue weighted by Crippen LogP contribution is 2.28. The molecule has 0 aliphatic carbocycles. The summed E-state index contributed by atoms with van der Waals surface area (Å²) in [7, 11) is 0. The maximum absolute atomic E-state index is 12.9. The summed E-state index contributed by atoms with van der Waals surface area (Å²) in [6, 6.07) is 12.7. The van der Waals surface area contributed by atoms with Crippen LogP contribution in [0, 0.1) is 0 Å². The summed E-state index contributed by atoms with van der Waals surface area (Å²) >= 11 is 0. The van der Waals surface area contributed by atoms with E-state index in [0.717, 1.165) is 22.4 Å². The molecule has 2 heterocycles. The Morgan fingerprint density at radius 2 is 1.78 bits per heavy atom. The number of anilines is 1. The number of carbonyl (C=O) groups is 3. The van der Waals surface area contributed by atoms with Gasteiger partial charge in [0.1, 0.15) is 6.54 Å². The quantitative estimate of drug-likeness (QED) is 0.906. The molecule has 2 aliphatic heterocycles. The van der Waals surface area contributed by atoms with Gasteiger partial charge in [-0.1, -0.05) is 24.3 Å². The Bertz CT molecular complexity index is 938. The fraction of sp³-hybridized carbons (Fsp3) is 0.286. The van der Waals surface area contributed by atoms with E-state index in [0.29, 0.717) is 32.4 Å². The van der Waals surface area contributed by atoms with Gasteiger partial charge < -0.3 is 14.9 Å². The topological polar surface area (TPSA) is 77.9 Å². The molecule has 0 atom stereocenters. The van der Waals surface area contributed by atoms with Crippen LogP contribution in [0.3, 0.4) is 0 Å². The number of fused-ring (bicyclic) bond motifs is 2. The molecular formula is C21H20N2O4. The van der Waals surface area contributed by atoms with E-state index in [4.69, 9.17) is 0 Å². The summed E-state index contributed by atoms with van der Waals surface area (Å²) in [6.45, 7) is 0.963. The molecule has 0 fully saturated rings. The first-order valence-electron chi connectivity index (χ1n) is 9.04. The Hall–Kier alpha value is -3.15. The third-order valence-corrected chi connectivity index (χ3v) is 5.30. The first kappa shape index (κ1) is 17.3. The van der Waals surface area contributed by atoms with Crippen LogP contribution >= 0.6 is 0 Å². The summed E-state index contributed by atoms with van der Waals surface area (Å²) in [5.41, 5.74) is 4.05. The van der Waals surface area contributed by atoms with E-state index in [1.165, 1.54) is 0 Å². The fourth-order valence-corrected chi connectivity index (χ4v) is 3.81. The summed E-state index contributed by atoms with van der Waals surface area (Å²) in [6.07, 6.45) is 1.80. The average molecular weight is 364 g/mol. The standard InChI is InChI=1S/C21H20N2O4/c24-19-8-7-15-3-1-2-4-18(15)23(19)13-20(25)22-10-9-14-5-6-16(21(26)27)11-17(14)12-22/h1-6,11H,7-10,12-13H2,(H,26,27). The van der Waals surface area contributed by atoms with Crippen molar-refractivity contribution in [1.29, 1.82) is 0 Å². The van der Waals surface area contributed by atoms with Crippen molar-refractivity contribution in [2.45, 2.75) is 25.8 Å². The number of rotatable bonds is 3. The fourth-order valence-electron chi connectivity index (χ4n) is 3.81. The zero-order valence-electron chi connectivity index (χ0n) is 14.9. The van der Waals surface area contributed by atoms with E-state index in [1.807, 2.05) is 30.3 Å².